The number of hydrogen-bond acceptors (Lipinski definition) is 5. The van der Waals surface area contributed by atoms with Gasteiger partial charge in [0, 0.05) is 20.9 Å². The lowest BCUT2D eigenvalue weighted by molar-refractivity contribution is 0.473. The summed E-state index contributed by atoms with van der Waals surface area (Å²) in [5.41, 5.74) is 1.22. The highest BCUT2D eigenvalue weighted by molar-refractivity contribution is 7.12. The number of nitrogens with zero attached hydrogens (tertiary/aromatic N) is 2. The van der Waals surface area contributed by atoms with E-state index in [1.54, 1.807) is 6.92 Å². The summed E-state index contributed by atoms with van der Waals surface area (Å²) in [6, 6.07) is 6.50. The molecule has 94 valence electrons. The molecule has 0 atom stereocenters. The number of aromatic hydroxyl groups is 2. The van der Waals surface area contributed by atoms with E-state index in [1.807, 2.05) is 19.1 Å². The molecule has 0 unspecified atom stereocenters. The molecule has 1 heterocycles. The van der Waals surface area contributed by atoms with Crippen LogP contribution in [0.2, 0.25) is 0 Å². The van der Waals surface area contributed by atoms with E-state index >= 15 is 0 Å². The normalized spacial score (nSPS) is 9.89. The van der Waals surface area contributed by atoms with Gasteiger partial charge in [0.2, 0.25) is 0 Å². The van der Waals surface area contributed by atoms with Crippen LogP contribution in [0.5, 0.6) is 11.5 Å². The third-order valence-electron chi connectivity index (χ3n) is 2.84. The van der Waals surface area contributed by atoms with Crippen LogP contribution in [-0.4, -0.2) is 10.2 Å². The number of rotatable bonds is 1. The van der Waals surface area contributed by atoms with Crippen LogP contribution in [0, 0.1) is 36.5 Å². The predicted octanol–water partition coefficient (Wildman–Crippen LogP) is 3.19. The first-order chi connectivity index (χ1) is 8.99. The molecule has 0 aliphatic rings. The van der Waals surface area contributed by atoms with Gasteiger partial charge in [-0.2, -0.15) is 10.5 Å². The second kappa shape index (κ2) is 4.64. The van der Waals surface area contributed by atoms with Gasteiger partial charge in [0.05, 0.1) is 23.3 Å². The minimum Gasteiger partial charge on any atom is -0.508 e. The van der Waals surface area contributed by atoms with Crippen LogP contribution in [0.25, 0.3) is 11.1 Å². The molecule has 2 rings (SSSR count). The van der Waals surface area contributed by atoms with Crippen molar-refractivity contribution < 1.29 is 10.2 Å². The Morgan fingerprint density at radius 2 is 1.47 bits per heavy atom. The standard InChI is InChI=1S/C14H10N2O2S/c1-7-12(14(18)8(2)19-7)13-9(5-15)3-11(17)4-10(13)6-16/h3-4,17-18H,1-2H3. The second-order valence-corrected chi connectivity index (χ2v) is 5.51. The molecule has 2 N–H and O–H groups in total. The van der Waals surface area contributed by atoms with Crippen LogP contribution in [0.1, 0.15) is 20.9 Å². The van der Waals surface area contributed by atoms with Crippen LogP contribution < -0.4 is 0 Å². The first-order valence-corrected chi connectivity index (χ1v) is 6.27. The van der Waals surface area contributed by atoms with Gasteiger partial charge in [0.25, 0.3) is 0 Å². The maximum atomic E-state index is 10.1. The van der Waals surface area contributed by atoms with Gasteiger partial charge in [0.15, 0.2) is 0 Å². The molecular weight excluding hydrogens is 260 g/mol. The molecule has 0 amide bonds. The largest absolute Gasteiger partial charge is 0.508 e. The molecule has 4 nitrogen and oxygen atoms in total. The number of thiophene rings is 1. The zero-order valence-electron chi connectivity index (χ0n) is 10.4. The highest BCUT2D eigenvalue weighted by Crippen LogP contribution is 2.44. The highest BCUT2D eigenvalue weighted by Gasteiger charge is 2.21. The Morgan fingerprint density at radius 1 is 0.947 bits per heavy atom. The summed E-state index contributed by atoms with van der Waals surface area (Å²) in [6.07, 6.45) is 0. The van der Waals surface area contributed by atoms with Crippen molar-refractivity contribution in [2.45, 2.75) is 13.8 Å². The van der Waals surface area contributed by atoms with Crippen molar-refractivity contribution in [1.82, 2.24) is 0 Å². The van der Waals surface area contributed by atoms with Gasteiger partial charge in [-0.15, -0.1) is 11.3 Å². The lowest BCUT2D eigenvalue weighted by Crippen LogP contribution is -1.91. The monoisotopic (exact) mass is 270 g/mol. The van der Waals surface area contributed by atoms with Crippen molar-refractivity contribution in [2.24, 2.45) is 0 Å². The van der Waals surface area contributed by atoms with Gasteiger partial charge in [-0.3, -0.25) is 0 Å². The Hall–Kier alpha value is -2.50. The van der Waals surface area contributed by atoms with Crippen molar-refractivity contribution in [2.75, 3.05) is 0 Å². The third-order valence-corrected chi connectivity index (χ3v) is 3.85. The first-order valence-electron chi connectivity index (χ1n) is 5.46. The molecule has 0 bridgehead atoms. The van der Waals surface area contributed by atoms with Crippen molar-refractivity contribution in [3.05, 3.63) is 33.0 Å². The second-order valence-electron chi connectivity index (χ2n) is 4.08. The molecule has 0 fully saturated rings. The minimum absolute atomic E-state index is 0.0844. The van der Waals surface area contributed by atoms with Crippen molar-refractivity contribution in [1.29, 1.82) is 10.5 Å². The van der Waals surface area contributed by atoms with E-state index in [9.17, 15) is 10.2 Å². The van der Waals surface area contributed by atoms with Crippen LogP contribution in [-0.2, 0) is 0 Å². The molecule has 0 saturated carbocycles. The number of aryl methyl sites for hydroxylation is 2. The van der Waals surface area contributed by atoms with E-state index in [1.165, 1.54) is 23.5 Å². The summed E-state index contributed by atoms with van der Waals surface area (Å²) in [5.74, 6) is -0.0536. The summed E-state index contributed by atoms with van der Waals surface area (Å²) in [5, 5.41) is 37.9. The summed E-state index contributed by atoms with van der Waals surface area (Å²) in [6.45, 7) is 3.59. The molecular formula is C14H10N2O2S. The molecule has 0 radical (unpaired) electrons. The van der Waals surface area contributed by atoms with Gasteiger partial charge in [-0.25, -0.2) is 0 Å². The zero-order chi connectivity index (χ0) is 14.2. The van der Waals surface area contributed by atoms with Gasteiger partial charge >= 0.3 is 0 Å². The van der Waals surface area contributed by atoms with Crippen molar-refractivity contribution in [3.63, 3.8) is 0 Å². The molecule has 1 aromatic carbocycles. The smallest absolute Gasteiger partial charge is 0.137 e. The Kier molecular flexibility index (Phi) is 3.16. The van der Waals surface area contributed by atoms with Crippen LogP contribution in [0.4, 0.5) is 0 Å². The molecule has 1 aromatic heterocycles. The van der Waals surface area contributed by atoms with Crippen molar-refractivity contribution >= 4 is 11.3 Å². The third kappa shape index (κ3) is 2.01. The van der Waals surface area contributed by atoms with E-state index in [2.05, 4.69) is 0 Å². The molecule has 5 heteroatoms. The van der Waals surface area contributed by atoms with Crippen LogP contribution >= 0.6 is 11.3 Å². The first kappa shape index (κ1) is 12.9. The summed E-state index contributed by atoms with van der Waals surface area (Å²) in [4.78, 5) is 1.56. The summed E-state index contributed by atoms with van der Waals surface area (Å²) >= 11 is 1.40. The van der Waals surface area contributed by atoms with Gasteiger partial charge in [-0.05, 0) is 26.0 Å². The minimum atomic E-state index is -0.138. The Balaban J connectivity index is 2.90. The number of phenolic OH excluding ortho intramolecular Hbond substituents is 1. The molecule has 0 aliphatic heterocycles. The molecule has 0 aliphatic carbocycles. The van der Waals surface area contributed by atoms with Crippen molar-refractivity contribution in [3.8, 4) is 34.8 Å². The topological polar surface area (TPSA) is 88.0 Å². The molecule has 19 heavy (non-hydrogen) atoms. The Labute approximate surface area is 114 Å². The Morgan fingerprint density at radius 3 is 1.84 bits per heavy atom. The summed E-state index contributed by atoms with van der Waals surface area (Å²) < 4.78 is 0. The lowest BCUT2D eigenvalue weighted by atomic mass is 9.94. The zero-order valence-corrected chi connectivity index (χ0v) is 11.2. The lowest BCUT2D eigenvalue weighted by Gasteiger charge is -2.08. The maximum absolute atomic E-state index is 10.1. The quantitative estimate of drug-likeness (QED) is 0.833. The van der Waals surface area contributed by atoms with Gasteiger partial charge < -0.3 is 10.2 Å². The van der Waals surface area contributed by atoms with Crippen LogP contribution in [0.3, 0.4) is 0 Å². The van der Waals surface area contributed by atoms with Gasteiger partial charge in [-0.1, -0.05) is 0 Å². The summed E-state index contributed by atoms with van der Waals surface area (Å²) in [7, 11) is 0. The van der Waals surface area contributed by atoms with E-state index in [4.69, 9.17) is 10.5 Å². The average molecular weight is 270 g/mol. The predicted molar refractivity (Wildman–Crippen MR) is 72.0 cm³/mol. The van der Waals surface area contributed by atoms with Crippen LogP contribution in [0.15, 0.2) is 12.1 Å². The van der Waals surface area contributed by atoms with Gasteiger partial charge in [0.1, 0.15) is 11.5 Å². The highest BCUT2D eigenvalue weighted by atomic mass is 32.1. The number of hydrogen-bond donors (Lipinski definition) is 2. The molecule has 0 saturated heterocycles. The van der Waals surface area contributed by atoms with E-state index < -0.39 is 0 Å². The fourth-order valence-electron chi connectivity index (χ4n) is 2.04. The fraction of sp³-hybridized carbons (Fsp3) is 0.143. The Bertz CT molecular complexity index is 713. The van der Waals surface area contributed by atoms with E-state index in [0.717, 1.165) is 9.75 Å². The maximum Gasteiger partial charge on any atom is 0.137 e. The number of nitriles is 2. The van der Waals surface area contributed by atoms with E-state index in [-0.39, 0.29) is 22.6 Å². The number of phenols is 1. The van der Waals surface area contributed by atoms with E-state index in [0.29, 0.717) is 11.1 Å². The average Bonchev–Trinajstić information content (AvgIpc) is 2.62. The molecule has 0 spiro atoms. The molecule has 2 aromatic rings. The number of benzene rings is 1. The fourth-order valence-corrected chi connectivity index (χ4v) is 3.00. The SMILES string of the molecule is Cc1sc(C)c(-c2c(C#N)cc(O)cc2C#N)c1O.